The van der Waals surface area contributed by atoms with Crippen molar-refractivity contribution in [2.45, 2.75) is 38.8 Å². The van der Waals surface area contributed by atoms with E-state index in [9.17, 15) is 4.79 Å². The molecule has 0 radical (unpaired) electrons. The van der Waals surface area contributed by atoms with Crippen LogP contribution < -0.4 is 10.6 Å². The van der Waals surface area contributed by atoms with Crippen LogP contribution in [0.1, 0.15) is 48.2 Å². The molecular weight excluding hydrogens is 322 g/mol. The molecule has 0 bridgehead atoms. The molecular formula is C18H25N3O2S. The van der Waals surface area contributed by atoms with Crippen LogP contribution in [0.15, 0.2) is 34.1 Å². The minimum Gasteiger partial charge on any atom is -0.464 e. The molecule has 2 N–H and O–H groups in total. The Morgan fingerprint density at radius 3 is 2.75 bits per heavy atom. The van der Waals surface area contributed by atoms with Crippen LogP contribution in [-0.2, 0) is 0 Å². The van der Waals surface area contributed by atoms with Crippen LogP contribution in [0.25, 0.3) is 0 Å². The van der Waals surface area contributed by atoms with E-state index in [0.717, 1.165) is 24.6 Å². The van der Waals surface area contributed by atoms with Crippen LogP contribution in [0.5, 0.6) is 0 Å². The number of hydrogen-bond donors (Lipinski definition) is 2. The number of rotatable bonds is 6. The average molecular weight is 347 g/mol. The minimum absolute atomic E-state index is 0.148. The van der Waals surface area contributed by atoms with Gasteiger partial charge in [0.25, 0.3) is 0 Å². The van der Waals surface area contributed by atoms with Gasteiger partial charge in [0, 0.05) is 11.4 Å². The molecule has 1 saturated heterocycles. The molecule has 6 heteroatoms. The van der Waals surface area contributed by atoms with E-state index in [-0.39, 0.29) is 18.1 Å². The fourth-order valence-corrected chi connectivity index (χ4v) is 4.00. The van der Waals surface area contributed by atoms with Gasteiger partial charge in [0.15, 0.2) is 0 Å². The normalized spacial score (nSPS) is 17.6. The number of aryl methyl sites for hydroxylation is 1. The highest BCUT2D eigenvalue weighted by Crippen LogP contribution is 2.27. The second-order valence-corrected chi connectivity index (χ2v) is 7.28. The van der Waals surface area contributed by atoms with Crippen molar-refractivity contribution in [3.05, 3.63) is 46.0 Å². The predicted molar refractivity (Wildman–Crippen MR) is 96.3 cm³/mol. The number of nitrogens with zero attached hydrogens (tertiary/aromatic N) is 1. The van der Waals surface area contributed by atoms with Crippen LogP contribution in [0, 0.1) is 6.92 Å². The van der Waals surface area contributed by atoms with E-state index in [2.05, 4.69) is 33.0 Å². The standard InChI is InChI=1S/C18H25N3O2S/c1-13-7-8-16(23-13)14(2)20-18(22)19-12-15(17-6-5-11-24-17)21-9-3-4-10-21/h5-8,11,14-15H,3-4,9-10,12H2,1-2H3,(H2,19,20,22)/t14-,15+/m0/s1. The van der Waals surface area contributed by atoms with Crippen molar-refractivity contribution in [1.29, 1.82) is 0 Å². The lowest BCUT2D eigenvalue weighted by atomic mass is 10.2. The van der Waals surface area contributed by atoms with Gasteiger partial charge >= 0.3 is 6.03 Å². The molecule has 1 aliphatic heterocycles. The molecule has 2 aromatic heterocycles. The third-order valence-corrected chi connectivity index (χ3v) is 5.42. The fraction of sp³-hybridized carbons (Fsp3) is 0.500. The van der Waals surface area contributed by atoms with Crippen LogP contribution in [0.3, 0.4) is 0 Å². The molecule has 1 fully saturated rings. The Morgan fingerprint density at radius 2 is 2.12 bits per heavy atom. The monoisotopic (exact) mass is 347 g/mol. The zero-order valence-electron chi connectivity index (χ0n) is 14.2. The van der Waals surface area contributed by atoms with Crippen LogP contribution in [0.2, 0.25) is 0 Å². The highest BCUT2D eigenvalue weighted by Gasteiger charge is 2.25. The summed E-state index contributed by atoms with van der Waals surface area (Å²) in [6.45, 7) is 6.66. The van der Waals surface area contributed by atoms with Crippen LogP contribution in [-0.4, -0.2) is 30.6 Å². The van der Waals surface area contributed by atoms with Crippen molar-refractivity contribution in [3.63, 3.8) is 0 Å². The number of thiophene rings is 1. The zero-order valence-corrected chi connectivity index (χ0v) is 15.1. The Labute approximate surface area is 147 Å². The Morgan fingerprint density at radius 1 is 1.33 bits per heavy atom. The Hall–Kier alpha value is -1.79. The van der Waals surface area contributed by atoms with E-state index in [1.165, 1.54) is 17.7 Å². The third-order valence-electron chi connectivity index (χ3n) is 4.44. The predicted octanol–water partition coefficient (Wildman–Crippen LogP) is 3.85. The summed E-state index contributed by atoms with van der Waals surface area (Å²) < 4.78 is 5.56. The Bertz CT molecular complexity index is 647. The second kappa shape index (κ2) is 7.85. The maximum atomic E-state index is 12.2. The number of nitrogens with one attached hydrogen (secondary N) is 2. The van der Waals surface area contributed by atoms with Gasteiger partial charge in [0.05, 0.1) is 12.1 Å². The fourth-order valence-electron chi connectivity index (χ4n) is 3.14. The molecule has 2 amide bonds. The largest absolute Gasteiger partial charge is 0.464 e. The number of carbonyl (C=O) groups is 1. The van der Waals surface area contributed by atoms with Crippen molar-refractivity contribution < 1.29 is 9.21 Å². The van der Waals surface area contributed by atoms with E-state index in [1.807, 2.05) is 26.0 Å². The van der Waals surface area contributed by atoms with Crippen LogP contribution in [0.4, 0.5) is 4.79 Å². The maximum absolute atomic E-state index is 12.2. The molecule has 1 aliphatic rings. The number of likely N-dealkylation sites (tertiary alicyclic amines) is 1. The lowest BCUT2D eigenvalue weighted by Gasteiger charge is -2.27. The van der Waals surface area contributed by atoms with Gasteiger partial charge in [0.2, 0.25) is 0 Å². The van der Waals surface area contributed by atoms with E-state index in [1.54, 1.807) is 11.3 Å². The third kappa shape index (κ3) is 4.19. The van der Waals surface area contributed by atoms with Crippen molar-refractivity contribution in [3.8, 4) is 0 Å². The molecule has 3 heterocycles. The quantitative estimate of drug-likeness (QED) is 0.834. The van der Waals surface area contributed by atoms with E-state index >= 15 is 0 Å². The highest BCUT2D eigenvalue weighted by atomic mass is 32.1. The summed E-state index contributed by atoms with van der Waals surface area (Å²) in [5, 5.41) is 8.07. The summed E-state index contributed by atoms with van der Waals surface area (Å²) in [4.78, 5) is 16.0. The Kier molecular flexibility index (Phi) is 5.58. The van der Waals surface area contributed by atoms with E-state index in [4.69, 9.17) is 4.42 Å². The van der Waals surface area contributed by atoms with E-state index in [0.29, 0.717) is 6.54 Å². The summed E-state index contributed by atoms with van der Waals surface area (Å²) in [5.74, 6) is 1.63. The summed E-state index contributed by atoms with van der Waals surface area (Å²) >= 11 is 1.75. The first-order valence-corrected chi connectivity index (χ1v) is 9.39. The van der Waals surface area contributed by atoms with Gasteiger partial charge in [0.1, 0.15) is 11.5 Å². The van der Waals surface area contributed by atoms with Gasteiger partial charge in [-0.2, -0.15) is 0 Å². The highest BCUT2D eigenvalue weighted by molar-refractivity contribution is 7.10. The van der Waals surface area contributed by atoms with Gasteiger partial charge in [-0.1, -0.05) is 6.07 Å². The lowest BCUT2D eigenvalue weighted by Crippen LogP contribution is -2.42. The van der Waals surface area contributed by atoms with Crippen molar-refractivity contribution in [2.75, 3.05) is 19.6 Å². The van der Waals surface area contributed by atoms with Crippen molar-refractivity contribution >= 4 is 17.4 Å². The maximum Gasteiger partial charge on any atom is 0.315 e. The summed E-state index contributed by atoms with van der Waals surface area (Å²) in [6.07, 6.45) is 2.48. The lowest BCUT2D eigenvalue weighted by molar-refractivity contribution is 0.219. The minimum atomic E-state index is -0.155. The van der Waals surface area contributed by atoms with Crippen LogP contribution >= 0.6 is 11.3 Å². The first-order valence-electron chi connectivity index (χ1n) is 8.51. The van der Waals surface area contributed by atoms with Gasteiger partial charge in [-0.3, -0.25) is 4.90 Å². The molecule has 5 nitrogen and oxygen atoms in total. The molecule has 24 heavy (non-hydrogen) atoms. The first-order chi connectivity index (χ1) is 11.6. The summed E-state index contributed by atoms with van der Waals surface area (Å²) in [6, 6.07) is 8.00. The number of urea groups is 1. The first kappa shape index (κ1) is 17.0. The average Bonchev–Trinajstić information content (AvgIpc) is 3.30. The smallest absolute Gasteiger partial charge is 0.315 e. The zero-order chi connectivity index (χ0) is 16.9. The molecule has 2 aromatic rings. The topological polar surface area (TPSA) is 57.5 Å². The van der Waals surface area contributed by atoms with Crippen molar-refractivity contribution in [1.82, 2.24) is 15.5 Å². The van der Waals surface area contributed by atoms with Gasteiger partial charge in [-0.15, -0.1) is 11.3 Å². The molecule has 2 atom stereocenters. The molecule has 3 rings (SSSR count). The van der Waals surface area contributed by atoms with Gasteiger partial charge in [-0.05, 0) is 63.4 Å². The van der Waals surface area contributed by atoms with Crippen molar-refractivity contribution in [2.24, 2.45) is 0 Å². The molecule has 0 aromatic carbocycles. The number of carbonyl (C=O) groups excluding carboxylic acids is 1. The van der Waals surface area contributed by atoms with Gasteiger partial charge < -0.3 is 15.1 Å². The summed E-state index contributed by atoms with van der Waals surface area (Å²) in [7, 11) is 0. The number of furan rings is 1. The number of amides is 2. The van der Waals surface area contributed by atoms with Gasteiger partial charge in [-0.25, -0.2) is 4.79 Å². The summed E-state index contributed by atoms with van der Waals surface area (Å²) in [5.41, 5.74) is 0. The molecule has 0 spiro atoms. The number of hydrogen-bond acceptors (Lipinski definition) is 4. The Balaban J connectivity index is 1.55. The molecule has 0 unspecified atom stereocenters. The van der Waals surface area contributed by atoms with E-state index < -0.39 is 0 Å². The molecule has 130 valence electrons. The molecule has 0 aliphatic carbocycles. The second-order valence-electron chi connectivity index (χ2n) is 6.30. The molecule has 0 saturated carbocycles. The SMILES string of the molecule is Cc1ccc([C@H](C)NC(=O)NC[C@H](c2cccs2)N2CCCC2)o1.